The zero-order chi connectivity index (χ0) is 18.2. The molecule has 0 saturated heterocycles. The number of hydrogen-bond acceptors (Lipinski definition) is 4. The van der Waals surface area contributed by atoms with Gasteiger partial charge in [-0.2, -0.15) is 0 Å². The number of carbonyl (C=O) groups excluding carboxylic acids is 1. The van der Waals surface area contributed by atoms with Gasteiger partial charge in [0.25, 0.3) is 0 Å². The molecule has 2 rings (SSSR count). The van der Waals surface area contributed by atoms with E-state index in [0.717, 1.165) is 11.1 Å². The molecule has 2 aromatic rings. The van der Waals surface area contributed by atoms with Crippen LogP contribution in [0.4, 0.5) is 4.79 Å². The van der Waals surface area contributed by atoms with Crippen LogP contribution in [0.15, 0.2) is 42.5 Å². The highest BCUT2D eigenvalue weighted by Gasteiger charge is 2.14. The topological polar surface area (TPSA) is 68.8 Å². The summed E-state index contributed by atoms with van der Waals surface area (Å²) in [4.78, 5) is 12.1. The summed E-state index contributed by atoms with van der Waals surface area (Å²) in [6, 6.07) is 13.1. The Labute approximate surface area is 148 Å². The van der Waals surface area contributed by atoms with Crippen molar-refractivity contribution in [3.63, 3.8) is 0 Å². The lowest BCUT2D eigenvalue weighted by molar-refractivity contribution is 0.237. The van der Waals surface area contributed by atoms with E-state index in [9.17, 15) is 4.79 Å². The van der Waals surface area contributed by atoms with Gasteiger partial charge in [-0.1, -0.05) is 30.3 Å². The molecule has 0 aromatic heterocycles. The fourth-order valence-electron chi connectivity index (χ4n) is 2.49. The van der Waals surface area contributed by atoms with Crippen molar-refractivity contribution in [1.82, 2.24) is 10.6 Å². The Bertz CT molecular complexity index is 679. The maximum atomic E-state index is 12.1. The normalized spacial score (nSPS) is 11.4. The molecule has 6 heteroatoms. The molecule has 0 aliphatic carbocycles. The van der Waals surface area contributed by atoms with Crippen molar-refractivity contribution in [3.05, 3.63) is 53.6 Å². The van der Waals surface area contributed by atoms with Crippen LogP contribution < -0.4 is 24.8 Å². The Kier molecular flexibility index (Phi) is 6.51. The fraction of sp³-hybridized carbons (Fsp3) is 0.316. The molecule has 0 spiro atoms. The third kappa shape index (κ3) is 4.79. The first-order valence-electron chi connectivity index (χ1n) is 7.97. The van der Waals surface area contributed by atoms with Crippen LogP contribution in [0, 0.1) is 0 Å². The highest BCUT2D eigenvalue weighted by atomic mass is 16.5. The number of nitrogens with one attached hydrogen (secondary N) is 2. The van der Waals surface area contributed by atoms with Crippen LogP contribution in [0.3, 0.4) is 0 Å². The number of hydrogen-bond donors (Lipinski definition) is 2. The highest BCUT2D eigenvalue weighted by Crippen LogP contribution is 2.38. The SMILES string of the molecule is COc1cc(CNC(=O)NC(C)c2ccccc2)cc(OC)c1OC. The largest absolute Gasteiger partial charge is 0.493 e. The van der Waals surface area contributed by atoms with E-state index >= 15 is 0 Å². The minimum absolute atomic E-state index is 0.0823. The van der Waals surface area contributed by atoms with Crippen molar-refractivity contribution >= 4 is 6.03 Å². The smallest absolute Gasteiger partial charge is 0.315 e. The molecule has 2 aromatic carbocycles. The van der Waals surface area contributed by atoms with Crippen LogP contribution in [0.25, 0.3) is 0 Å². The molecule has 134 valence electrons. The van der Waals surface area contributed by atoms with Gasteiger partial charge in [0.1, 0.15) is 0 Å². The maximum Gasteiger partial charge on any atom is 0.315 e. The number of methoxy groups -OCH3 is 3. The second-order valence-corrected chi connectivity index (χ2v) is 5.49. The second-order valence-electron chi connectivity index (χ2n) is 5.49. The standard InChI is InChI=1S/C19H24N2O4/c1-13(15-8-6-5-7-9-15)21-19(22)20-12-14-10-16(23-2)18(25-4)17(11-14)24-3/h5-11,13H,12H2,1-4H3,(H2,20,21,22). The first-order valence-corrected chi connectivity index (χ1v) is 7.97. The van der Waals surface area contributed by atoms with Gasteiger partial charge in [0.15, 0.2) is 11.5 Å². The average molecular weight is 344 g/mol. The molecule has 0 saturated carbocycles. The van der Waals surface area contributed by atoms with E-state index in [1.165, 1.54) is 0 Å². The fourth-order valence-corrected chi connectivity index (χ4v) is 2.49. The number of urea groups is 1. The van der Waals surface area contributed by atoms with Crippen molar-refractivity contribution < 1.29 is 19.0 Å². The van der Waals surface area contributed by atoms with Gasteiger partial charge in [0, 0.05) is 6.54 Å². The molecular formula is C19H24N2O4. The molecule has 25 heavy (non-hydrogen) atoms. The minimum Gasteiger partial charge on any atom is -0.493 e. The molecule has 2 amide bonds. The third-order valence-corrected chi connectivity index (χ3v) is 3.82. The van der Waals surface area contributed by atoms with Crippen molar-refractivity contribution in [2.24, 2.45) is 0 Å². The Balaban J connectivity index is 1.99. The number of carbonyl (C=O) groups is 1. The molecule has 1 unspecified atom stereocenters. The molecular weight excluding hydrogens is 320 g/mol. The van der Waals surface area contributed by atoms with E-state index in [1.54, 1.807) is 21.3 Å². The van der Waals surface area contributed by atoms with Gasteiger partial charge in [-0.15, -0.1) is 0 Å². The van der Waals surface area contributed by atoms with Gasteiger partial charge in [-0.05, 0) is 30.2 Å². The van der Waals surface area contributed by atoms with Gasteiger partial charge in [-0.3, -0.25) is 0 Å². The molecule has 1 atom stereocenters. The number of amides is 2. The van der Waals surface area contributed by atoms with Gasteiger partial charge < -0.3 is 24.8 Å². The predicted molar refractivity (Wildman–Crippen MR) is 96.3 cm³/mol. The summed E-state index contributed by atoms with van der Waals surface area (Å²) < 4.78 is 15.9. The Morgan fingerprint density at radius 2 is 1.60 bits per heavy atom. The first kappa shape index (κ1) is 18.4. The van der Waals surface area contributed by atoms with Crippen LogP contribution in [-0.2, 0) is 6.54 Å². The van der Waals surface area contributed by atoms with Crippen LogP contribution in [0.5, 0.6) is 17.2 Å². The lowest BCUT2D eigenvalue weighted by atomic mass is 10.1. The van der Waals surface area contributed by atoms with Gasteiger partial charge in [0.05, 0.1) is 27.4 Å². The predicted octanol–water partition coefficient (Wildman–Crippen LogP) is 3.27. The van der Waals surface area contributed by atoms with Crippen LogP contribution >= 0.6 is 0 Å². The molecule has 0 fully saturated rings. The minimum atomic E-state index is -0.245. The molecule has 0 heterocycles. The summed E-state index contributed by atoms with van der Waals surface area (Å²) in [7, 11) is 4.67. The average Bonchev–Trinajstić information content (AvgIpc) is 2.65. The summed E-state index contributed by atoms with van der Waals surface area (Å²) in [5.74, 6) is 1.63. The van der Waals surface area contributed by atoms with E-state index in [2.05, 4.69) is 10.6 Å². The zero-order valence-electron chi connectivity index (χ0n) is 15.0. The molecule has 0 aliphatic rings. The summed E-state index contributed by atoms with van der Waals surface area (Å²) in [5.41, 5.74) is 1.89. The quantitative estimate of drug-likeness (QED) is 0.809. The number of rotatable bonds is 7. The third-order valence-electron chi connectivity index (χ3n) is 3.82. The van der Waals surface area contributed by atoms with Crippen LogP contribution in [0.1, 0.15) is 24.1 Å². The first-order chi connectivity index (χ1) is 12.1. The molecule has 6 nitrogen and oxygen atoms in total. The van der Waals surface area contributed by atoms with E-state index < -0.39 is 0 Å². The molecule has 0 radical (unpaired) electrons. The van der Waals surface area contributed by atoms with E-state index in [1.807, 2.05) is 49.4 Å². The highest BCUT2D eigenvalue weighted by molar-refractivity contribution is 5.74. The number of ether oxygens (including phenoxy) is 3. The van der Waals surface area contributed by atoms with Gasteiger partial charge in [0.2, 0.25) is 5.75 Å². The lowest BCUT2D eigenvalue weighted by Crippen LogP contribution is -2.36. The van der Waals surface area contributed by atoms with Crippen LogP contribution in [-0.4, -0.2) is 27.4 Å². The molecule has 0 aliphatic heterocycles. The van der Waals surface area contributed by atoms with E-state index in [4.69, 9.17) is 14.2 Å². The Hall–Kier alpha value is -2.89. The molecule has 0 bridgehead atoms. The monoisotopic (exact) mass is 344 g/mol. The summed E-state index contributed by atoms with van der Waals surface area (Å²) in [5, 5.41) is 5.75. The number of benzene rings is 2. The summed E-state index contributed by atoms with van der Waals surface area (Å²) in [6.45, 7) is 2.28. The van der Waals surface area contributed by atoms with Crippen molar-refractivity contribution in [3.8, 4) is 17.2 Å². The van der Waals surface area contributed by atoms with Crippen LogP contribution in [0.2, 0.25) is 0 Å². The van der Waals surface area contributed by atoms with E-state index in [0.29, 0.717) is 23.8 Å². The second kappa shape index (κ2) is 8.82. The van der Waals surface area contributed by atoms with Crippen molar-refractivity contribution in [2.75, 3.05) is 21.3 Å². The zero-order valence-corrected chi connectivity index (χ0v) is 15.0. The van der Waals surface area contributed by atoms with Crippen molar-refractivity contribution in [1.29, 1.82) is 0 Å². The summed E-state index contributed by atoms with van der Waals surface area (Å²) >= 11 is 0. The van der Waals surface area contributed by atoms with E-state index in [-0.39, 0.29) is 12.1 Å². The Morgan fingerprint density at radius 1 is 1.00 bits per heavy atom. The Morgan fingerprint density at radius 3 is 2.12 bits per heavy atom. The maximum absolute atomic E-state index is 12.1. The lowest BCUT2D eigenvalue weighted by Gasteiger charge is -2.16. The van der Waals surface area contributed by atoms with Crippen molar-refractivity contribution in [2.45, 2.75) is 19.5 Å². The van der Waals surface area contributed by atoms with Gasteiger partial charge in [-0.25, -0.2) is 4.79 Å². The van der Waals surface area contributed by atoms with Gasteiger partial charge >= 0.3 is 6.03 Å². The summed E-state index contributed by atoms with van der Waals surface area (Å²) in [6.07, 6.45) is 0. The molecule has 2 N–H and O–H groups in total.